The van der Waals surface area contributed by atoms with Crippen LogP contribution in [-0.4, -0.2) is 20.8 Å². The Morgan fingerprint density at radius 2 is 0.910 bits per heavy atom. The number of anilines is 4. The topological polar surface area (TPSA) is 38.5 Å². The molecule has 6 nitrogen and oxygen atoms in total. The van der Waals surface area contributed by atoms with Gasteiger partial charge in [-0.25, -0.2) is 4.98 Å². The van der Waals surface area contributed by atoms with Gasteiger partial charge >= 0.3 is 0 Å². The van der Waals surface area contributed by atoms with Crippen LogP contribution in [0, 0.1) is 6.92 Å². The van der Waals surface area contributed by atoms with Gasteiger partial charge in [-0.1, -0.05) is 152 Å². The summed E-state index contributed by atoms with van der Waals surface area (Å²) in [7, 11) is 0. The second-order valence-electron chi connectivity index (χ2n) is 17.3. The van der Waals surface area contributed by atoms with Gasteiger partial charge in [-0.2, -0.15) is 0 Å². The Balaban J connectivity index is 0.927. The van der Waals surface area contributed by atoms with Crippen LogP contribution in [0.1, 0.15) is 5.56 Å². The van der Waals surface area contributed by atoms with Crippen molar-refractivity contribution in [1.29, 1.82) is 0 Å². The molecule has 0 aliphatic carbocycles. The molecular weight excluding hydrogens is 819 g/mol. The highest BCUT2D eigenvalue weighted by atomic mass is 16.5. The van der Waals surface area contributed by atoms with Crippen LogP contribution in [0.15, 0.2) is 231 Å². The number of benzene rings is 9. The maximum absolute atomic E-state index is 7.04. The highest BCUT2D eigenvalue weighted by molar-refractivity contribution is 6.25. The van der Waals surface area contributed by atoms with E-state index in [9.17, 15) is 0 Å². The molecule has 6 heteroatoms. The number of hydrogen-bond acceptors (Lipinski definition) is 4. The summed E-state index contributed by atoms with van der Waals surface area (Å²) in [5, 5.41) is 2.39. The Morgan fingerprint density at radius 3 is 1.55 bits per heavy atom. The molecular formula is C61H43N5O. The molecule has 3 aromatic heterocycles. The van der Waals surface area contributed by atoms with Crippen molar-refractivity contribution in [2.75, 3.05) is 16.5 Å². The Kier molecular flexibility index (Phi) is 9.03. The zero-order valence-corrected chi connectivity index (χ0v) is 36.8. The summed E-state index contributed by atoms with van der Waals surface area (Å²) in [5.74, 6) is 2.36. The number of nitrogens with zero attached hydrogens (tertiary/aromatic N) is 5. The summed E-state index contributed by atoms with van der Waals surface area (Å²) in [6.45, 7) is 2.79. The second kappa shape index (κ2) is 15.7. The fraction of sp³-hybridized carbons (Fsp3) is 0.0328. The smallest absolute Gasteiger partial charge is 0.137 e. The van der Waals surface area contributed by atoms with E-state index in [1.807, 2.05) is 6.20 Å². The number of para-hydroxylation sites is 4. The first kappa shape index (κ1) is 38.6. The van der Waals surface area contributed by atoms with Crippen LogP contribution in [0.4, 0.5) is 22.7 Å². The molecule has 318 valence electrons. The molecule has 0 fully saturated rings. The highest BCUT2D eigenvalue weighted by Crippen LogP contribution is 2.51. The summed E-state index contributed by atoms with van der Waals surface area (Å²) in [6.07, 6.45) is 2.01. The molecule has 13 rings (SSSR count). The quantitative estimate of drug-likeness (QED) is 0.145. The van der Waals surface area contributed by atoms with Crippen molar-refractivity contribution in [3.63, 3.8) is 0 Å². The predicted molar refractivity (Wildman–Crippen MR) is 276 cm³/mol. The molecule has 0 radical (unpaired) electrons. The van der Waals surface area contributed by atoms with E-state index in [1.54, 1.807) is 0 Å². The lowest BCUT2D eigenvalue weighted by Gasteiger charge is -2.27. The number of aromatic nitrogens is 3. The van der Waals surface area contributed by atoms with Crippen molar-refractivity contribution >= 4 is 55.6 Å². The van der Waals surface area contributed by atoms with E-state index in [2.05, 4.69) is 250 Å². The third-order valence-corrected chi connectivity index (χ3v) is 13.3. The zero-order chi connectivity index (χ0) is 44.4. The van der Waals surface area contributed by atoms with Crippen molar-refractivity contribution in [3.8, 4) is 56.4 Å². The molecule has 1 aliphatic rings. The summed E-state index contributed by atoms with van der Waals surface area (Å²) < 4.78 is 11.7. The molecule has 0 saturated carbocycles. The van der Waals surface area contributed by atoms with Crippen molar-refractivity contribution in [1.82, 2.24) is 14.1 Å². The van der Waals surface area contributed by atoms with Crippen molar-refractivity contribution < 1.29 is 4.74 Å². The van der Waals surface area contributed by atoms with Crippen LogP contribution in [-0.2, 0) is 0 Å². The Hall–Kier alpha value is -8.87. The summed E-state index contributed by atoms with van der Waals surface area (Å²) in [5.41, 5.74) is 18.1. The largest absolute Gasteiger partial charge is 0.457 e. The maximum atomic E-state index is 7.04. The van der Waals surface area contributed by atoms with Crippen molar-refractivity contribution in [2.45, 2.75) is 6.92 Å². The number of aryl methyl sites for hydroxylation is 1. The zero-order valence-electron chi connectivity index (χ0n) is 36.8. The van der Waals surface area contributed by atoms with Crippen LogP contribution in [0.3, 0.4) is 0 Å². The highest BCUT2D eigenvalue weighted by Gasteiger charge is 2.32. The van der Waals surface area contributed by atoms with Gasteiger partial charge in [0.1, 0.15) is 24.0 Å². The van der Waals surface area contributed by atoms with Gasteiger partial charge in [-0.3, -0.25) is 4.57 Å². The van der Waals surface area contributed by atoms with Gasteiger partial charge in [0.2, 0.25) is 0 Å². The van der Waals surface area contributed by atoms with Gasteiger partial charge in [0.25, 0.3) is 0 Å². The van der Waals surface area contributed by atoms with Crippen LogP contribution in [0.25, 0.3) is 77.7 Å². The molecule has 9 aromatic carbocycles. The van der Waals surface area contributed by atoms with E-state index >= 15 is 0 Å². The Labute approximate surface area is 388 Å². The van der Waals surface area contributed by atoms with Crippen LogP contribution in [0.2, 0.25) is 0 Å². The molecule has 1 aliphatic heterocycles. The molecule has 0 unspecified atom stereocenters. The summed E-state index contributed by atoms with van der Waals surface area (Å²) >= 11 is 0. The minimum atomic E-state index is 0.617. The van der Waals surface area contributed by atoms with Crippen LogP contribution < -0.4 is 14.5 Å². The van der Waals surface area contributed by atoms with Crippen LogP contribution >= 0.6 is 0 Å². The Morgan fingerprint density at radius 1 is 0.403 bits per heavy atom. The standard InChI is InChI=1S/C61H43N5O/c1-41-35-58(62-39-51(41)44-23-10-4-11-24-44)66-55-34-18-33-54-59(55)60-56(65(54)45-25-12-5-13-26-45)37-48(38-57(60)66)67-47-28-16-27-46(36-47)63-40-64(53-32-15-14-31-52(53)63)61-49(42-19-6-2-7-20-42)29-17-30-50(61)43-21-8-3-9-22-43/h2-39H,40H2,1H3. The minimum Gasteiger partial charge on any atom is -0.457 e. The van der Waals surface area contributed by atoms with Gasteiger partial charge in [-0.05, 0) is 83.8 Å². The number of rotatable bonds is 9. The molecule has 0 spiro atoms. The lowest BCUT2D eigenvalue weighted by atomic mass is 9.95. The summed E-state index contributed by atoms with van der Waals surface area (Å²) in [6, 6.07) is 79.6. The van der Waals surface area contributed by atoms with Gasteiger partial charge in [0.05, 0.1) is 39.1 Å². The number of pyridine rings is 1. The van der Waals surface area contributed by atoms with Gasteiger partial charge in [0, 0.05) is 63.2 Å². The number of ether oxygens (including phenoxy) is 1. The first-order valence-corrected chi connectivity index (χ1v) is 22.8. The van der Waals surface area contributed by atoms with Crippen LogP contribution in [0.5, 0.6) is 11.5 Å². The van der Waals surface area contributed by atoms with E-state index in [4.69, 9.17) is 9.72 Å². The first-order valence-electron chi connectivity index (χ1n) is 22.8. The number of fused-ring (bicyclic) bond motifs is 1. The van der Waals surface area contributed by atoms with E-state index in [-0.39, 0.29) is 0 Å². The molecule has 0 bridgehead atoms. The SMILES string of the molecule is Cc1cc(-n2c3cccc4c3c3c(cc(Oc5cccc(N6CN(c7c(-c8ccccc8)cccc7-c7ccccc7)c7ccccc76)c5)cc32)n4-c2ccccc2)ncc1-c1ccccc1. The fourth-order valence-corrected chi connectivity index (χ4v) is 10.4. The monoisotopic (exact) mass is 861 g/mol. The average molecular weight is 862 g/mol. The average Bonchev–Trinajstić information content (AvgIpc) is 4.06. The van der Waals surface area contributed by atoms with E-state index in [0.717, 1.165) is 78.8 Å². The minimum absolute atomic E-state index is 0.617. The molecule has 0 N–H and O–H groups in total. The third-order valence-electron chi connectivity index (χ3n) is 13.3. The molecule has 12 aromatic rings. The molecule has 67 heavy (non-hydrogen) atoms. The molecule has 4 heterocycles. The van der Waals surface area contributed by atoms with Gasteiger partial charge in [0.15, 0.2) is 0 Å². The lowest BCUT2D eigenvalue weighted by molar-refractivity contribution is 0.484. The first-order chi connectivity index (χ1) is 33.2. The lowest BCUT2D eigenvalue weighted by Crippen LogP contribution is -2.24. The predicted octanol–water partition coefficient (Wildman–Crippen LogP) is 15.9. The number of hydrogen-bond donors (Lipinski definition) is 0. The van der Waals surface area contributed by atoms with E-state index in [0.29, 0.717) is 6.67 Å². The Bertz CT molecular complexity index is 3710. The second-order valence-corrected chi connectivity index (χ2v) is 17.3. The third kappa shape index (κ3) is 6.37. The molecule has 0 saturated heterocycles. The van der Waals surface area contributed by atoms with Gasteiger partial charge < -0.3 is 19.1 Å². The van der Waals surface area contributed by atoms with E-state index < -0.39 is 0 Å². The molecule has 0 amide bonds. The van der Waals surface area contributed by atoms with E-state index in [1.165, 1.54) is 38.7 Å². The van der Waals surface area contributed by atoms with Crippen molar-refractivity contribution in [2.24, 2.45) is 0 Å². The summed E-state index contributed by atoms with van der Waals surface area (Å²) in [4.78, 5) is 10.0. The fourth-order valence-electron chi connectivity index (χ4n) is 10.4. The maximum Gasteiger partial charge on any atom is 0.137 e. The van der Waals surface area contributed by atoms with Crippen molar-refractivity contribution in [3.05, 3.63) is 236 Å². The molecule has 0 atom stereocenters. The normalized spacial score (nSPS) is 12.4. The van der Waals surface area contributed by atoms with Gasteiger partial charge in [-0.15, -0.1) is 0 Å².